The molecule has 2 saturated heterocycles. The third-order valence-corrected chi connectivity index (χ3v) is 11.6. The van der Waals surface area contributed by atoms with Crippen molar-refractivity contribution < 1.29 is 9.53 Å². The van der Waals surface area contributed by atoms with Crippen LogP contribution in [-0.2, 0) is 11.2 Å². The van der Waals surface area contributed by atoms with Crippen molar-refractivity contribution >= 4 is 11.6 Å². The number of nitrogens with one attached hydrogen (secondary N) is 1. The maximum Gasteiger partial charge on any atom is 0.230 e. The van der Waals surface area contributed by atoms with Gasteiger partial charge in [-0.3, -0.25) is 9.48 Å². The van der Waals surface area contributed by atoms with Gasteiger partial charge in [-0.2, -0.15) is 5.10 Å². The van der Waals surface area contributed by atoms with Crippen molar-refractivity contribution in [1.29, 1.82) is 0 Å². The maximum absolute atomic E-state index is 13.3. The second-order valence-electron chi connectivity index (χ2n) is 14.3. The summed E-state index contributed by atoms with van der Waals surface area (Å²) in [6.07, 6.45) is 20.1. The van der Waals surface area contributed by atoms with Crippen LogP contribution in [-0.4, -0.2) is 65.0 Å². The fourth-order valence-electron chi connectivity index (χ4n) is 8.29. The Bertz CT molecular complexity index is 1270. The number of hydrogen-bond donors (Lipinski definition) is 1. The molecule has 41 heavy (non-hydrogen) atoms. The van der Waals surface area contributed by atoms with E-state index in [1.54, 1.807) is 0 Å². The number of anilines is 1. The van der Waals surface area contributed by atoms with Gasteiger partial charge in [0.25, 0.3) is 0 Å². The predicted octanol–water partition coefficient (Wildman–Crippen LogP) is 5.73. The van der Waals surface area contributed by atoms with E-state index < -0.39 is 0 Å². The standard InChI is InChI=1S/C34H47N5O2/c1-23-5-8-30-31(39(23)33(40)24-6-7-24)10-9-29(32(30)41-28-3-2-4-28)25-19-36-38(20-25)27-13-17-37(18-14-27)26-11-15-34(16-12-26)21-35-22-34/h9-10,19-20,23-24,26-28,35H,2-8,11-18,21-22H2,1H3/t23-/m0/s1. The number of hydrogen-bond acceptors (Lipinski definition) is 5. The van der Waals surface area contributed by atoms with Crippen LogP contribution in [0.4, 0.5) is 5.69 Å². The summed E-state index contributed by atoms with van der Waals surface area (Å²) in [6.45, 7) is 7.07. The summed E-state index contributed by atoms with van der Waals surface area (Å²) in [4.78, 5) is 18.2. The van der Waals surface area contributed by atoms with Gasteiger partial charge in [-0.05, 0) is 108 Å². The van der Waals surface area contributed by atoms with E-state index in [4.69, 9.17) is 9.84 Å². The number of fused-ring (bicyclic) bond motifs is 1. The predicted molar refractivity (Wildman–Crippen MR) is 161 cm³/mol. The molecule has 7 nitrogen and oxygen atoms in total. The largest absolute Gasteiger partial charge is 0.489 e. The normalized spacial score (nSPS) is 27.3. The summed E-state index contributed by atoms with van der Waals surface area (Å²) >= 11 is 0. The average Bonchev–Trinajstić information content (AvgIpc) is 3.70. The maximum atomic E-state index is 13.3. The Balaban J connectivity index is 1.00. The zero-order valence-corrected chi connectivity index (χ0v) is 24.8. The van der Waals surface area contributed by atoms with Crippen LogP contribution in [0.3, 0.4) is 0 Å². The zero-order valence-electron chi connectivity index (χ0n) is 24.8. The lowest BCUT2D eigenvalue weighted by molar-refractivity contribution is -0.120. The van der Waals surface area contributed by atoms with Gasteiger partial charge < -0.3 is 19.9 Å². The topological polar surface area (TPSA) is 62.6 Å². The van der Waals surface area contributed by atoms with Crippen LogP contribution in [0.25, 0.3) is 11.1 Å². The third kappa shape index (κ3) is 4.81. The molecule has 1 aromatic carbocycles. The number of amides is 1. The molecule has 220 valence electrons. The summed E-state index contributed by atoms with van der Waals surface area (Å²) in [7, 11) is 0. The SMILES string of the molecule is C[C@H]1CCc2c(ccc(-c3cnn(C4CCN(C5CCC6(CC5)CNC6)CC4)c3)c2OC2CCC2)N1C(=O)C1CC1. The number of benzene rings is 1. The molecular weight excluding hydrogens is 510 g/mol. The minimum Gasteiger partial charge on any atom is -0.489 e. The van der Waals surface area contributed by atoms with Gasteiger partial charge in [-0.15, -0.1) is 0 Å². The summed E-state index contributed by atoms with van der Waals surface area (Å²) in [5, 5.41) is 8.42. The second-order valence-corrected chi connectivity index (χ2v) is 14.3. The van der Waals surface area contributed by atoms with Crippen LogP contribution in [0.15, 0.2) is 24.5 Å². The van der Waals surface area contributed by atoms with Crippen molar-refractivity contribution in [3.05, 3.63) is 30.1 Å². The van der Waals surface area contributed by atoms with Gasteiger partial charge in [0.05, 0.1) is 24.0 Å². The lowest BCUT2D eigenvalue weighted by Gasteiger charge is -2.50. The lowest BCUT2D eigenvalue weighted by Crippen LogP contribution is -2.57. The third-order valence-electron chi connectivity index (χ3n) is 11.6. The van der Waals surface area contributed by atoms with Crippen LogP contribution in [0.2, 0.25) is 0 Å². The quantitative estimate of drug-likeness (QED) is 0.492. The number of likely N-dealkylation sites (tertiary alicyclic amines) is 1. The van der Waals surface area contributed by atoms with E-state index in [1.165, 1.54) is 76.7 Å². The molecule has 0 radical (unpaired) electrons. The van der Waals surface area contributed by atoms with Gasteiger partial charge in [0.2, 0.25) is 5.91 Å². The lowest BCUT2D eigenvalue weighted by atomic mass is 9.68. The number of aromatic nitrogens is 2. The Morgan fingerprint density at radius 3 is 2.41 bits per heavy atom. The minimum atomic E-state index is 0.221. The molecule has 0 bridgehead atoms. The first kappa shape index (κ1) is 26.3. The van der Waals surface area contributed by atoms with Crippen molar-refractivity contribution in [3.8, 4) is 16.9 Å². The molecule has 1 amide bonds. The first-order valence-electron chi connectivity index (χ1n) is 16.7. The molecular formula is C34H47N5O2. The monoisotopic (exact) mass is 557 g/mol. The molecule has 3 aliphatic heterocycles. The molecule has 1 aromatic heterocycles. The van der Waals surface area contributed by atoms with Crippen LogP contribution in [0, 0.1) is 11.3 Å². The van der Waals surface area contributed by atoms with E-state index in [-0.39, 0.29) is 12.0 Å². The molecule has 0 unspecified atom stereocenters. The fourth-order valence-corrected chi connectivity index (χ4v) is 8.29. The second kappa shape index (κ2) is 10.4. The van der Waals surface area contributed by atoms with Crippen molar-refractivity contribution in [2.24, 2.45) is 11.3 Å². The van der Waals surface area contributed by atoms with E-state index in [2.05, 4.69) is 45.1 Å². The Morgan fingerprint density at radius 1 is 0.976 bits per heavy atom. The number of ether oxygens (including phenoxy) is 1. The van der Waals surface area contributed by atoms with Crippen molar-refractivity contribution in [1.82, 2.24) is 20.0 Å². The van der Waals surface area contributed by atoms with Crippen molar-refractivity contribution in [2.45, 2.75) is 115 Å². The Kier molecular flexibility index (Phi) is 6.67. The highest BCUT2D eigenvalue weighted by atomic mass is 16.5. The highest BCUT2D eigenvalue weighted by Gasteiger charge is 2.42. The van der Waals surface area contributed by atoms with Gasteiger partial charge >= 0.3 is 0 Å². The zero-order chi connectivity index (χ0) is 27.6. The van der Waals surface area contributed by atoms with Crippen LogP contribution < -0.4 is 15.0 Å². The smallest absolute Gasteiger partial charge is 0.230 e. The summed E-state index contributed by atoms with van der Waals surface area (Å²) in [6, 6.07) is 5.89. The molecule has 7 heteroatoms. The molecule has 1 atom stereocenters. The van der Waals surface area contributed by atoms with E-state index in [1.807, 2.05) is 6.20 Å². The first-order chi connectivity index (χ1) is 20.1. The van der Waals surface area contributed by atoms with Crippen LogP contribution in [0.5, 0.6) is 5.75 Å². The minimum absolute atomic E-state index is 0.221. The fraction of sp³-hybridized carbons (Fsp3) is 0.706. The van der Waals surface area contributed by atoms with E-state index in [9.17, 15) is 4.79 Å². The average molecular weight is 558 g/mol. The first-order valence-corrected chi connectivity index (χ1v) is 16.7. The van der Waals surface area contributed by atoms with Crippen LogP contribution >= 0.6 is 0 Å². The molecule has 4 heterocycles. The van der Waals surface area contributed by atoms with E-state index in [0.717, 1.165) is 67.1 Å². The van der Waals surface area contributed by atoms with Crippen molar-refractivity contribution in [2.75, 3.05) is 31.1 Å². The van der Waals surface area contributed by atoms with Gasteiger partial charge in [0.15, 0.2) is 0 Å². The van der Waals surface area contributed by atoms with Gasteiger partial charge in [-0.25, -0.2) is 0 Å². The van der Waals surface area contributed by atoms with Gasteiger partial charge in [0.1, 0.15) is 5.75 Å². The Morgan fingerprint density at radius 2 is 1.76 bits per heavy atom. The number of carbonyl (C=O) groups is 1. The summed E-state index contributed by atoms with van der Waals surface area (Å²) < 4.78 is 8.99. The number of rotatable bonds is 6. The van der Waals surface area contributed by atoms with Crippen molar-refractivity contribution in [3.63, 3.8) is 0 Å². The molecule has 5 fully saturated rings. The van der Waals surface area contributed by atoms with Gasteiger partial charge in [0, 0.05) is 67.1 Å². The number of nitrogens with zero attached hydrogens (tertiary/aromatic N) is 4. The Hall–Kier alpha value is -2.38. The Labute approximate surface area is 245 Å². The number of piperidine rings is 1. The van der Waals surface area contributed by atoms with E-state index >= 15 is 0 Å². The molecule has 2 aromatic rings. The summed E-state index contributed by atoms with van der Waals surface area (Å²) in [5.74, 6) is 1.55. The molecule has 3 saturated carbocycles. The molecule has 1 N–H and O–H groups in total. The molecule has 8 rings (SSSR count). The molecule has 1 spiro atoms. The number of carbonyl (C=O) groups excluding carboxylic acids is 1. The highest BCUT2D eigenvalue weighted by Crippen LogP contribution is 2.47. The van der Waals surface area contributed by atoms with Crippen LogP contribution in [0.1, 0.15) is 95.6 Å². The van der Waals surface area contributed by atoms with Gasteiger partial charge in [-0.1, -0.05) is 0 Å². The molecule has 6 aliphatic rings. The molecule has 3 aliphatic carbocycles. The summed E-state index contributed by atoms with van der Waals surface area (Å²) in [5.41, 5.74) is 5.25. The van der Waals surface area contributed by atoms with E-state index in [0.29, 0.717) is 23.5 Å². The highest BCUT2D eigenvalue weighted by molar-refractivity contribution is 5.99.